The van der Waals surface area contributed by atoms with Gasteiger partial charge in [0, 0.05) is 39.1 Å². The zero-order valence-electron chi connectivity index (χ0n) is 15.4. The number of nitrogens with zero attached hydrogens (tertiary/aromatic N) is 2. The van der Waals surface area contributed by atoms with Crippen LogP contribution in [0.25, 0.3) is 0 Å². The second-order valence-electron chi connectivity index (χ2n) is 7.31. The Labute approximate surface area is 150 Å². The molecule has 138 valence electrons. The lowest BCUT2D eigenvalue weighted by Crippen LogP contribution is -2.53. The summed E-state index contributed by atoms with van der Waals surface area (Å²) in [5.74, 6) is 1.01. The summed E-state index contributed by atoms with van der Waals surface area (Å²) < 4.78 is 6.17. The summed E-state index contributed by atoms with van der Waals surface area (Å²) >= 11 is 0. The second kappa shape index (κ2) is 8.19. The highest BCUT2D eigenvalue weighted by Gasteiger charge is 2.37. The quantitative estimate of drug-likeness (QED) is 0.912. The molecule has 2 aliphatic rings. The van der Waals surface area contributed by atoms with Crippen LogP contribution in [0.2, 0.25) is 0 Å². The van der Waals surface area contributed by atoms with Crippen molar-refractivity contribution in [3.05, 3.63) is 29.8 Å². The molecule has 0 spiro atoms. The Morgan fingerprint density at radius 3 is 2.68 bits per heavy atom. The third kappa shape index (κ3) is 4.33. The number of rotatable bonds is 3. The highest BCUT2D eigenvalue weighted by Crippen LogP contribution is 2.29. The van der Waals surface area contributed by atoms with Crippen molar-refractivity contribution >= 4 is 5.91 Å². The maximum absolute atomic E-state index is 11.6. The Balaban J connectivity index is 1.64. The van der Waals surface area contributed by atoms with Gasteiger partial charge in [0.1, 0.15) is 18.0 Å². The van der Waals surface area contributed by atoms with Gasteiger partial charge in [0.2, 0.25) is 5.91 Å². The molecule has 2 fully saturated rings. The number of benzene rings is 1. The van der Waals surface area contributed by atoms with E-state index in [0.717, 1.165) is 63.2 Å². The number of para-hydroxylation sites is 1. The van der Waals surface area contributed by atoms with Crippen molar-refractivity contribution in [2.75, 3.05) is 26.2 Å². The maximum atomic E-state index is 11.6. The average Bonchev–Trinajstić information content (AvgIpc) is 2.85. The van der Waals surface area contributed by atoms with Crippen LogP contribution in [0.3, 0.4) is 0 Å². The highest BCUT2D eigenvalue weighted by molar-refractivity contribution is 5.73. The second-order valence-corrected chi connectivity index (χ2v) is 7.31. The Kier molecular flexibility index (Phi) is 5.97. The highest BCUT2D eigenvalue weighted by atomic mass is 16.5. The Morgan fingerprint density at radius 1 is 1.12 bits per heavy atom. The number of carbonyl (C=O) groups is 1. The number of amides is 1. The molecule has 1 amide bonds. The molecule has 1 aliphatic carbocycles. The predicted octanol–water partition coefficient (Wildman–Crippen LogP) is 2.21. The monoisotopic (exact) mass is 346 g/mol. The van der Waals surface area contributed by atoms with Gasteiger partial charge in [-0.2, -0.15) is 0 Å². The normalized spacial score (nSPS) is 28.4. The first kappa shape index (κ1) is 18.2. The van der Waals surface area contributed by atoms with Gasteiger partial charge in [-0.05, 0) is 44.2 Å². The number of aliphatic hydroxyl groups is 1. The summed E-state index contributed by atoms with van der Waals surface area (Å²) in [5.41, 5.74) is 1.10. The number of ether oxygens (including phenoxy) is 1. The summed E-state index contributed by atoms with van der Waals surface area (Å²) in [4.78, 5) is 15.9. The van der Waals surface area contributed by atoms with E-state index in [9.17, 15) is 9.90 Å². The summed E-state index contributed by atoms with van der Waals surface area (Å²) in [6, 6.07) is 8.10. The van der Waals surface area contributed by atoms with Gasteiger partial charge in [-0.3, -0.25) is 9.69 Å². The van der Waals surface area contributed by atoms with Gasteiger partial charge in [0.05, 0.1) is 0 Å². The van der Waals surface area contributed by atoms with Crippen LogP contribution < -0.4 is 4.74 Å². The van der Waals surface area contributed by atoms with Gasteiger partial charge in [-0.25, -0.2) is 0 Å². The number of carbonyl (C=O) groups excluding carboxylic acids is 1. The standard InChI is InChI=1S/C20H30N2O3/c1-15-7-3-4-9-18(15)25-19-10-5-8-17(20(19)24)22-12-6-11-21(13-14-22)16(2)23/h3-4,7,9,17,19-20,24H,5-6,8,10-14H2,1-2H3/t17-,19+,20+/m0/s1. The fourth-order valence-electron chi connectivity index (χ4n) is 4.08. The van der Waals surface area contributed by atoms with Gasteiger partial charge in [-0.1, -0.05) is 18.2 Å². The SMILES string of the molecule is CC(=O)N1CCCN([C@H]2CCC[C@@H](Oc3ccccc3C)[C@@H]2O)CC1. The Bertz CT molecular complexity index is 592. The largest absolute Gasteiger partial charge is 0.487 e. The van der Waals surface area contributed by atoms with Crippen molar-refractivity contribution in [1.29, 1.82) is 0 Å². The van der Waals surface area contributed by atoms with E-state index in [1.807, 2.05) is 36.1 Å². The topological polar surface area (TPSA) is 53.0 Å². The van der Waals surface area contributed by atoms with Crippen LogP contribution in [0.15, 0.2) is 24.3 Å². The van der Waals surface area contributed by atoms with Crippen LogP contribution in [0.4, 0.5) is 0 Å². The summed E-state index contributed by atoms with van der Waals surface area (Å²) in [6.07, 6.45) is 3.26. The van der Waals surface area contributed by atoms with Crippen LogP contribution in [0.5, 0.6) is 5.75 Å². The first-order valence-electron chi connectivity index (χ1n) is 9.46. The summed E-state index contributed by atoms with van der Waals surface area (Å²) in [6.45, 7) is 7.00. The zero-order chi connectivity index (χ0) is 17.8. The third-order valence-corrected chi connectivity index (χ3v) is 5.58. The van der Waals surface area contributed by atoms with E-state index in [-0.39, 0.29) is 18.1 Å². The molecule has 5 heteroatoms. The molecule has 1 saturated heterocycles. The van der Waals surface area contributed by atoms with Crippen LogP contribution in [-0.2, 0) is 4.79 Å². The van der Waals surface area contributed by atoms with E-state index in [1.54, 1.807) is 6.92 Å². The van der Waals surface area contributed by atoms with E-state index >= 15 is 0 Å². The van der Waals surface area contributed by atoms with Crippen molar-refractivity contribution in [2.45, 2.75) is 57.8 Å². The first-order chi connectivity index (χ1) is 12.1. The Morgan fingerprint density at radius 2 is 1.92 bits per heavy atom. The molecule has 1 aromatic rings. The molecule has 1 heterocycles. The molecule has 0 bridgehead atoms. The average molecular weight is 346 g/mol. The number of hydrogen-bond acceptors (Lipinski definition) is 4. The van der Waals surface area contributed by atoms with Gasteiger partial charge in [0.25, 0.3) is 0 Å². The molecule has 1 aliphatic heterocycles. The summed E-state index contributed by atoms with van der Waals surface area (Å²) in [5, 5.41) is 11.0. The molecule has 0 radical (unpaired) electrons. The van der Waals surface area contributed by atoms with Gasteiger partial charge in [0.15, 0.2) is 0 Å². The minimum Gasteiger partial charge on any atom is -0.487 e. The molecular weight excluding hydrogens is 316 g/mol. The number of hydrogen-bond donors (Lipinski definition) is 1. The third-order valence-electron chi connectivity index (χ3n) is 5.58. The van der Waals surface area contributed by atoms with Crippen molar-refractivity contribution in [1.82, 2.24) is 9.80 Å². The van der Waals surface area contributed by atoms with E-state index in [2.05, 4.69) is 4.90 Å². The van der Waals surface area contributed by atoms with E-state index in [0.29, 0.717) is 0 Å². The molecule has 3 atom stereocenters. The lowest BCUT2D eigenvalue weighted by Gasteiger charge is -2.41. The number of aliphatic hydroxyl groups excluding tert-OH is 1. The van der Waals surface area contributed by atoms with Gasteiger partial charge >= 0.3 is 0 Å². The minimum atomic E-state index is -0.489. The zero-order valence-corrected chi connectivity index (χ0v) is 15.4. The molecule has 1 N–H and O–H groups in total. The minimum absolute atomic E-state index is 0.120. The molecule has 5 nitrogen and oxygen atoms in total. The summed E-state index contributed by atoms with van der Waals surface area (Å²) in [7, 11) is 0. The Hall–Kier alpha value is -1.59. The molecule has 1 saturated carbocycles. The fourth-order valence-corrected chi connectivity index (χ4v) is 4.08. The van der Waals surface area contributed by atoms with Crippen LogP contribution in [-0.4, -0.2) is 65.2 Å². The van der Waals surface area contributed by atoms with E-state index in [1.165, 1.54) is 0 Å². The van der Waals surface area contributed by atoms with Gasteiger partial charge < -0.3 is 14.7 Å². The maximum Gasteiger partial charge on any atom is 0.219 e. The first-order valence-corrected chi connectivity index (χ1v) is 9.46. The van der Waals surface area contributed by atoms with Crippen LogP contribution in [0, 0.1) is 6.92 Å². The molecule has 0 unspecified atom stereocenters. The lowest BCUT2D eigenvalue weighted by molar-refractivity contribution is -0.128. The van der Waals surface area contributed by atoms with Crippen molar-refractivity contribution in [3.63, 3.8) is 0 Å². The number of aryl methyl sites for hydroxylation is 1. The van der Waals surface area contributed by atoms with E-state index < -0.39 is 6.10 Å². The van der Waals surface area contributed by atoms with Crippen molar-refractivity contribution < 1.29 is 14.6 Å². The molecule has 0 aromatic heterocycles. The predicted molar refractivity (Wildman–Crippen MR) is 97.7 cm³/mol. The molecular formula is C20H30N2O3. The van der Waals surface area contributed by atoms with Crippen molar-refractivity contribution in [3.8, 4) is 5.75 Å². The molecule has 3 rings (SSSR count). The fraction of sp³-hybridized carbons (Fsp3) is 0.650. The van der Waals surface area contributed by atoms with E-state index in [4.69, 9.17) is 4.74 Å². The van der Waals surface area contributed by atoms with Gasteiger partial charge in [-0.15, -0.1) is 0 Å². The van der Waals surface area contributed by atoms with Crippen molar-refractivity contribution in [2.24, 2.45) is 0 Å². The lowest BCUT2D eigenvalue weighted by atomic mass is 9.88. The molecule has 25 heavy (non-hydrogen) atoms. The smallest absolute Gasteiger partial charge is 0.219 e. The van der Waals surface area contributed by atoms with Crippen LogP contribution >= 0.6 is 0 Å². The van der Waals surface area contributed by atoms with Crippen LogP contribution in [0.1, 0.15) is 38.2 Å². The molecule has 1 aromatic carbocycles.